The van der Waals surface area contributed by atoms with Crippen molar-refractivity contribution in [3.63, 3.8) is 0 Å². The lowest BCUT2D eigenvalue weighted by atomic mass is 9.97. The molecule has 3 rings (SSSR count). The molecular weight excluding hydrogens is 512 g/mol. The lowest BCUT2D eigenvalue weighted by molar-refractivity contribution is -0.387. The minimum absolute atomic E-state index is 0.0669. The van der Waals surface area contributed by atoms with Gasteiger partial charge in [-0.15, -0.1) is 0 Å². The first-order valence-electron chi connectivity index (χ1n) is 12.0. The first-order valence-corrected chi connectivity index (χ1v) is 12.8. The number of hydrogen-bond acceptors (Lipinski definition) is 9. The molecule has 0 saturated carbocycles. The second kappa shape index (κ2) is 13.6. The zero-order valence-corrected chi connectivity index (χ0v) is 21.9. The number of para-hydroxylation sites is 2. The van der Waals surface area contributed by atoms with Crippen molar-refractivity contribution in [3.05, 3.63) is 64.2 Å². The minimum Gasteiger partial charge on any atom is -0.468 e. The van der Waals surface area contributed by atoms with Gasteiger partial charge in [-0.3, -0.25) is 19.7 Å². The predicted octanol–water partition coefficient (Wildman–Crippen LogP) is 3.35. The smallest absolute Gasteiger partial charge is 0.328 e. The van der Waals surface area contributed by atoms with E-state index in [0.717, 1.165) is 22.7 Å². The molecule has 2 atom stereocenters. The number of nitro benzene ring substituents is 1. The van der Waals surface area contributed by atoms with Crippen molar-refractivity contribution in [2.75, 3.05) is 20.8 Å². The van der Waals surface area contributed by atoms with Gasteiger partial charge in [0.15, 0.2) is 0 Å². The fourth-order valence-electron chi connectivity index (χ4n) is 4.06. The van der Waals surface area contributed by atoms with Gasteiger partial charge in [-0.05, 0) is 49.9 Å². The van der Waals surface area contributed by atoms with Gasteiger partial charge in [0.1, 0.15) is 12.0 Å². The normalized spacial score (nSPS) is 12.5. The number of carbonyl (C=O) groups is 3. The third kappa shape index (κ3) is 6.90. The van der Waals surface area contributed by atoms with Crippen LogP contribution in [0.15, 0.2) is 58.5 Å². The maximum absolute atomic E-state index is 13.3. The molecule has 2 aromatic carbocycles. The van der Waals surface area contributed by atoms with Crippen molar-refractivity contribution in [1.29, 1.82) is 0 Å². The van der Waals surface area contributed by atoms with Crippen LogP contribution in [0.1, 0.15) is 24.8 Å². The summed E-state index contributed by atoms with van der Waals surface area (Å²) in [4.78, 5) is 53.2. The van der Waals surface area contributed by atoms with Crippen molar-refractivity contribution in [2.24, 2.45) is 11.7 Å². The third-order valence-electron chi connectivity index (χ3n) is 6.01. The van der Waals surface area contributed by atoms with Gasteiger partial charge in [-0.1, -0.05) is 42.1 Å². The average Bonchev–Trinajstić information content (AvgIpc) is 3.26. The van der Waals surface area contributed by atoms with Gasteiger partial charge in [0, 0.05) is 17.0 Å². The van der Waals surface area contributed by atoms with Crippen LogP contribution in [0.5, 0.6) is 0 Å². The van der Waals surface area contributed by atoms with E-state index < -0.39 is 34.7 Å². The lowest BCUT2D eigenvalue weighted by Crippen LogP contribution is -2.46. The molecular formula is C26H30N4O7S. The van der Waals surface area contributed by atoms with Crippen molar-refractivity contribution in [2.45, 2.75) is 41.6 Å². The summed E-state index contributed by atoms with van der Waals surface area (Å²) in [6.45, 7) is 0.438. The Hall–Kier alpha value is -3.90. The Kier molecular flexibility index (Phi) is 10.3. The fourth-order valence-corrected chi connectivity index (χ4v) is 5.15. The molecule has 11 nitrogen and oxygen atoms in total. The number of amides is 1. The number of rotatable bonds is 13. The van der Waals surface area contributed by atoms with Gasteiger partial charge in [0.25, 0.3) is 5.69 Å². The van der Waals surface area contributed by atoms with Crippen LogP contribution in [0.2, 0.25) is 0 Å². The number of fused-ring (bicyclic) bond motifs is 1. The maximum Gasteiger partial charge on any atom is 0.328 e. The van der Waals surface area contributed by atoms with Crippen LogP contribution in [0.25, 0.3) is 10.9 Å². The number of carbonyl (C=O) groups excluding carboxylic acids is 3. The van der Waals surface area contributed by atoms with Crippen molar-refractivity contribution >= 4 is 46.2 Å². The van der Waals surface area contributed by atoms with Gasteiger partial charge >= 0.3 is 11.9 Å². The Bertz CT molecular complexity index is 1310. The number of nitrogens with one attached hydrogen (secondary N) is 2. The fraction of sp³-hybridized carbons (Fsp3) is 0.346. The van der Waals surface area contributed by atoms with Crippen LogP contribution >= 0.6 is 11.8 Å². The van der Waals surface area contributed by atoms with E-state index in [1.165, 1.54) is 20.3 Å². The highest BCUT2D eigenvalue weighted by atomic mass is 32.2. The summed E-state index contributed by atoms with van der Waals surface area (Å²) in [6, 6.07) is 12.7. The molecule has 0 aliphatic carbocycles. The van der Waals surface area contributed by atoms with Crippen LogP contribution in [0.4, 0.5) is 5.69 Å². The van der Waals surface area contributed by atoms with Gasteiger partial charge < -0.3 is 25.5 Å². The number of aromatic amines is 1. The third-order valence-corrected chi connectivity index (χ3v) is 7.13. The van der Waals surface area contributed by atoms with Crippen LogP contribution < -0.4 is 11.1 Å². The average molecular weight is 543 g/mol. The summed E-state index contributed by atoms with van der Waals surface area (Å²) in [6.07, 6.45) is 1.47. The molecule has 1 unspecified atom stereocenters. The van der Waals surface area contributed by atoms with E-state index in [1.54, 1.807) is 18.2 Å². The molecule has 4 N–H and O–H groups in total. The molecule has 1 aromatic heterocycles. The zero-order valence-electron chi connectivity index (χ0n) is 21.1. The Morgan fingerprint density at radius 2 is 1.74 bits per heavy atom. The number of nitrogens with two attached hydrogens (primary N) is 1. The first kappa shape index (κ1) is 28.7. The highest BCUT2D eigenvalue weighted by Gasteiger charge is 2.33. The summed E-state index contributed by atoms with van der Waals surface area (Å²) in [5, 5.41) is 15.5. The van der Waals surface area contributed by atoms with E-state index in [1.807, 2.05) is 24.3 Å². The number of methoxy groups -OCH3 is 2. The molecule has 0 spiro atoms. The highest BCUT2D eigenvalue weighted by Crippen LogP contribution is 2.39. The molecule has 0 aliphatic heterocycles. The number of nitrogens with zero attached hydrogens (tertiary/aromatic N) is 1. The second-order valence-electron chi connectivity index (χ2n) is 8.45. The topological polar surface area (TPSA) is 167 Å². The van der Waals surface area contributed by atoms with Crippen LogP contribution in [0, 0.1) is 16.0 Å². The number of H-pyrrole nitrogens is 1. The molecule has 1 heterocycles. The molecule has 0 saturated heterocycles. The molecule has 0 aliphatic rings. The zero-order chi connectivity index (χ0) is 27.7. The molecule has 3 aromatic rings. The molecule has 1 amide bonds. The van der Waals surface area contributed by atoms with Gasteiger partial charge in [-0.2, -0.15) is 0 Å². The van der Waals surface area contributed by atoms with E-state index >= 15 is 0 Å². The molecule has 0 radical (unpaired) electrons. The highest BCUT2D eigenvalue weighted by molar-refractivity contribution is 7.99. The predicted molar refractivity (Wildman–Crippen MR) is 142 cm³/mol. The molecule has 12 heteroatoms. The van der Waals surface area contributed by atoms with Gasteiger partial charge in [0.05, 0.1) is 29.1 Å². The lowest BCUT2D eigenvalue weighted by Gasteiger charge is -2.20. The first-order chi connectivity index (χ1) is 18.3. The number of benzene rings is 2. The van der Waals surface area contributed by atoms with Gasteiger partial charge in [0.2, 0.25) is 5.91 Å². The number of aromatic nitrogens is 1. The van der Waals surface area contributed by atoms with Gasteiger partial charge in [-0.25, -0.2) is 4.79 Å². The van der Waals surface area contributed by atoms with E-state index in [4.69, 9.17) is 15.2 Å². The van der Waals surface area contributed by atoms with E-state index in [9.17, 15) is 24.5 Å². The molecule has 38 heavy (non-hydrogen) atoms. The Morgan fingerprint density at radius 3 is 2.42 bits per heavy atom. The van der Waals surface area contributed by atoms with Crippen LogP contribution in [-0.4, -0.2) is 54.6 Å². The Balaban J connectivity index is 1.97. The van der Waals surface area contributed by atoms with Crippen LogP contribution in [-0.2, 0) is 30.3 Å². The molecule has 202 valence electrons. The van der Waals surface area contributed by atoms with Crippen molar-refractivity contribution in [1.82, 2.24) is 10.3 Å². The molecule has 0 bridgehead atoms. The quantitative estimate of drug-likeness (QED) is 0.0965. The van der Waals surface area contributed by atoms with E-state index in [2.05, 4.69) is 10.3 Å². The standard InChI is InChI=1S/C26H30N4O7S/c1-36-25(32)18(23(31)28-20(26(33)37-2)11-7-8-14-27)15-17-16-9-3-4-10-19(16)29-24(17)38-22-13-6-5-12-21(22)30(34)35/h3-6,9-10,12-13,18,20,29H,7-8,11,14-15,27H2,1-2H3,(H,28,31)/t18?,20-/m0/s1. The summed E-state index contributed by atoms with van der Waals surface area (Å²) in [5.74, 6) is -3.38. The number of hydrogen-bond donors (Lipinski definition) is 3. The van der Waals surface area contributed by atoms with E-state index in [0.29, 0.717) is 41.3 Å². The van der Waals surface area contributed by atoms with Crippen molar-refractivity contribution in [3.8, 4) is 0 Å². The SMILES string of the molecule is COC(=O)C(Cc1c(Sc2ccccc2[N+](=O)[O-])[nH]c2ccccc12)C(=O)N[C@@H](CCCCN)C(=O)OC. The monoisotopic (exact) mass is 542 g/mol. The minimum atomic E-state index is -1.29. The number of esters is 2. The number of unbranched alkanes of at least 4 members (excludes halogenated alkanes) is 1. The van der Waals surface area contributed by atoms with E-state index in [-0.39, 0.29) is 12.1 Å². The molecule has 0 fully saturated rings. The maximum atomic E-state index is 13.3. The summed E-state index contributed by atoms with van der Waals surface area (Å²) >= 11 is 1.14. The van der Waals surface area contributed by atoms with Crippen molar-refractivity contribution < 1.29 is 28.8 Å². The number of ether oxygens (including phenoxy) is 2. The number of nitro groups is 1. The Labute approximate surface area is 223 Å². The largest absolute Gasteiger partial charge is 0.468 e. The Morgan fingerprint density at radius 1 is 1.05 bits per heavy atom. The van der Waals surface area contributed by atoms with Crippen LogP contribution in [0.3, 0.4) is 0 Å². The summed E-state index contributed by atoms with van der Waals surface area (Å²) in [5.41, 5.74) is 6.83. The second-order valence-corrected chi connectivity index (χ2v) is 9.51. The summed E-state index contributed by atoms with van der Waals surface area (Å²) < 4.78 is 9.76. The summed E-state index contributed by atoms with van der Waals surface area (Å²) in [7, 11) is 2.40.